The summed E-state index contributed by atoms with van der Waals surface area (Å²) in [5.74, 6) is 0. The molecule has 114 valence electrons. The van der Waals surface area contributed by atoms with Gasteiger partial charge in [0.1, 0.15) is 0 Å². The maximum Gasteiger partial charge on any atom is 0.501 e. The number of nitrogens with one attached hydrogen (secondary N) is 1. The van der Waals surface area contributed by atoms with Gasteiger partial charge < -0.3 is 10.2 Å². The Kier molecular flexibility index (Phi) is 5.04. The van der Waals surface area contributed by atoms with E-state index in [9.17, 15) is 21.6 Å². The normalized spacial score (nSPS) is 14.3. The Morgan fingerprint density at radius 1 is 1.20 bits per heavy atom. The molecule has 0 spiro atoms. The molecule has 0 aromatic heterocycles. The van der Waals surface area contributed by atoms with Crippen LogP contribution in [0.15, 0.2) is 29.2 Å². The van der Waals surface area contributed by atoms with E-state index in [1.54, 1.807) is 0 Å². The zero-order chi connectivity index (χ0) is 15.6. The molecule has 0 fully saturated rings. The summed E-state index contributed by atoms with van der Waals surface area (Å²) in [5, 5.41) is 3.07. The van der Waals surface area contributed by atoms with Crippen molar-refractivity contribution in [1.29, 1.82) is 0 Å². The van der Waals surface area contributed by atoms with E-state index in [1.165, 1.54) is 12.1 Å². The highest BCUT2D eigenvalue weighted by Crippen LogP contribution is 2.30. The van der Waals surface area contributed by atoms with Crippen molar-refractivity contribution >= 4 is 15.5 Å². The SMILES string of the molecule is CC(CN(C)C)Nc1ccc(S(=O)(=O)C(F)(F)F)cc1. The molecule has 0 bridgehead atoms. The number of benzene rings is 1. The second-order valence-electron chi connectivity index (χ2n) is 4.78. The Balaban J connectivity index is 2.85. The van der Waals surface area contributed by atoms with Crippen molar-refractivity contribution in [2.45, 2.75) is 23.4 Å². The Bertz CT molecular complexity index is 539. The molecule has 0 heterocycles. The highest BCUT2D eigenvalue weighted by Gasteiger charge is 2.46. The Hall–Kier alpha value is -1.28. The van der Waals surface area contributed by atoms with E-state index in [0.29, 0.717) is 5.69 Å². The number of sulfone groups is 1. The first-order valence-electron chi connectivity index (χ1n) is 5.86. The fourth-order valence-electron chi connectivity index (χ4n) is 1.74. The summed E-state index contributed by atoms with van der Waals surface area (Å²) in [6.45, 7) is 2.66. The molecule has 1 rings (SSSR count). The average molecular weight is 310 g/mol. The molecule has 1 unspecified atom stereocenters. The van der Waals surface area contributed by atoms with Gasteiger partial charge in [-0.1, -0.05) is 0 Å². The van der Waals surface area contributed by atoms with E-state index < -0.39 is 20.2 Å². The van der Waals surface area contributed by atoms with Gasteiger partial charge in [0.05, 0.1) is 4.90 Å². The summed E-state index contributed by atoms with van der Waals surface area (Å²) in [7, 11) is -1.48. The molecule has 1 N–H and O–H groups in total. The van der Waals surface area contributed by atoms with Gasteiger partial charge in [-0.3, -0.25) is 0 Å². The van der Waals surface area contributed by atoms with Crippen LogP contribution in [0, 0.1) is 0 Å². The van der Waals surface area contributed by atoms with Crippen LogP contribution in [0.2, 0.25) is 0 Å². The molecule has 1 aromatic carbocycles. The molecule has 8 heteroatoms. The smallest absolute Gasteiger partial charge is 0.381 e. The Morgan fingerprint density at radius 2 is 1.70 bits per heavy atom. The van der Waals surface area contributed by atoms with Crippen LogP contribution in [-0.4, -0.2) is 45.5 Å². The summed E-state index contributed by atoms with van der Waals surface area (Å²) >= 11 is 0. The van der Waals surface area contributed by atoms with E-state index >= 15 is 0 Å². The summed E-state index contributed by atoms with van der Waals surface area (Å²) < 4.78 is 59.5. The van der Waals surface area contributed by atoms with Gasteiger partial charge >= 0.3 is 5.51 Å². The molecule has 0 radical (unpaired) electrons. The number of halogens is 3. The van der Waals surface area contributed by atoms with Gasteiger partial charge in [0.2, 0.25) is 0 Å². The van der Waals surface area contributed by atoms with Crippen LogP contribution in [0.25, 0.3) is 0 Å². The van der Waals surface area contributed by atoms with Gasteiger partial charge in [-0.25, -0.2) is 8.42 Å². The highest BCUT2D eigenvalue weighted by molar-refractivity contribution is 7.92. The number of anilines is 1. The molecule has 1 aromatic rings. The third-order valence-corrected chi connectivity index (χ3v) is 4.02. The third-order valence-electron chi connectivity index (χ3n) is 2.52. The molecule has 4 nitrogen and oxygen atoms in total. The number of rotatable bonds is 5. The number of alkyl halides is 3. The largest absolute Gasteiger partial charge is 0.501 e. The van der Waals surface area contributed by atoms with Gasteiger partial charge in [0, 0.05) is 18.3 Å². The predicted molar refractivity (Wildman–Crippen MR) is 71.3 cm³/mol. The van der Waals surface area contributed by atoms with Crippen LogP contribution in [0.5, 0.6) is 0 Å². The first kappa shape index (κ1) is 16.8. The quantitative estimate of drug-likeness (QED) is 0.907. The van der Waals surface area contributed by atoms with E-state index in [1.807, 2.05) is 25.9 Å². The summed E-state index contributed by atoms with van der Waals surface area (Å²) in [4.78, 5) is 1.20. The second kappa shape index (κ2) is 6.01. The minimum absolute atomic E-state index is 0.0788. The van der Waals surface area contributed by atoms with Crippen molar-refractivity contribution in [3.8, 4) is 0 Å². The lowest BCUT2D eigenvalue weighted by Crippen LogP contribution is -2.29. The lowest BCUT2D eigenvalue weighted by Gasteiger charge is -2.19. The molecule has 0 aliphatic rings. The molecule has 0 amide bonds. The van der Waals surface area contributed by atoms with Gasteiger partial charge in [-0.05, 0) is 45.3 Å². The second-order valence-corrected chi connectivity index (χ2v) is 6.72. The van der Waals surface area contributed by atoms with Gasteiger partial charge in [0.15, 0.2) is 0 Å². The van der Waals surface area contributed by atoms with Crippen molar-refractivity contribution in [3.05, 3.63) is 24.3 Å². The van der Waals surface area contributed by atoms with Crippen LogP contribution in [0.4, 0.5) is 18.9 Å². The highest BCUT2D eigenvalue weighted by atomic mass is 32.2. The van der Waals surface area contributed by atoms with Gasteiger partial charge in [-0.15, -0.1) is 0 Å². The third kappa shape index (κ3) is 4.11. The van der Waals surface area contributed by atoms with Crippen LogP contribution >= 0.6 is 0 Å². The Labute approximate surface area is 116 Å². The molecular formula is C12H17F3N2O2S. The molecule has 20 heavy (non-hydrogen) atoms. The lowest BCUT2D eigenvalue weighted by atomic mass is 10.2. The zero-order valence-corrected chi connectivity index (χ0v) is 12.2. The van der Waals surface area contributed by atoms with Crippen LogP contribution in [0.3, 0.4) is 0 Å². The van der Waals surface area contributed by atoms with Crippen molar-refractivity contribution < 1.29 is 21.6 Å². The van der Waals surface area contributed by atoms with Crippen molar-refractivity contribution in [3.63, 3.8) is 0 Å². The monoisotopic (exact) mass is 310 g/mol. The van der Waals surface area contributed by atoms with Gasteiger partial charge in [0.25, 0.3) is 9.84 Å². The van der Waals surface area contributed by atoms with Crippen LogP contribution in [0.1, 0.15) is 6.92 Å². The van der Waals surface area contributed by atoms with E-state index in [4.69, 9.17) is 0 Å². The maximum atomic E-state index is 12.4. The van der Waals surface area contributed by atoms with Crippen LogP contribution < -0.4 is 5.32 Å². The first-order chi connectivity index (χ1) is 9.04. The number of likely N-dealkylation sites (N-methyl/N-ethyl adjacent to an activating group) is 1. The fraction of sp³-hybridized carbons (Fsp3) is 0.500. The fourth-order valence-corrected chi connectivity index (χ4v) is 2.50. The van der Waals surface area contributed by atoms with Crippen molar-refractivity contribution in [2.24, 2.45) is 0 Å². The molecular weight excluding hydrogens is 293 g/mol. The molecule has 0 aliphatic carbocycles. The maximum absolute atomic E-state index is 12.4. The summed E-state index contributed by atoms with van der Waals surface area (Å²) in [5.41, 5.74) is -4.71. The first-order valence-corrected chi connectivity index (χ1v) is 7.35. The molecule has 0 saturated carbocycles. The topological polar surface area (TPSA) is 49.4 Å². The predicted octanol–water partition coefficient (Wildman–Crippen LogP) is 2.34. The summed E-state index contributed by atoms with van der Waals surface area (Å²) in [6, 6.07) is 4.63. The lowest BCUT2D eigenvalue weighted by molar-refractivity contribution is -0.0436. The number of nitrogens with zero attached hydrogens (tertiary/aromatic N) is 1. The zero-order valence-electron chi connectivity index (χ0n) is 11.4. The van der Waals surface area contributed by atoms with Crippen molar-refractivity contribution in [1.82, 2.24) is 4.90 Å². The van der Waals surface area contributed by atoms with E-state index in [2.05, 4.69) is 5.32 Å². The van der Waals surface area contributed by atoms with Crippen LogP contribution in [-0.2, 0) is 9.84 Å². The minimum atomic E-state index is -5.28. The number of hydrogen-bond acceptors (Lipinski definition) is 4. The van der Waals surface area contributed by atoms with Gasteiger partial charge in [-0.2, -0.15) is 13.2 Å². The number of hydrogen-bond donors (Lipinski definition) is 1. The molecule has 1 atom stereocenters. The summed E-state index contributed by atoms with van der Waals surface area (Å²) in [6.07, 6.45) is 0. The van der Waals surface area contributed by atoms with E-state index in [-0.39, 0.29) is 6.04 Å². The minimum Gasteiger partial charge on any atom is -0.381 e. The molecule has 0 aliphatic heterocycles. The Morgan fingerprint density at radius 3 is 2.10 bits per heavy atom. The average Bonchev–Trinajstić information content (AvgIpc) is 2.26. The standard InChI is InChI=1S/C12H17F3N2O2S/c1-9(8-17(2)3)16-10-4-6-11(7-5-10)20(18,19)12(13,14)15/h4-7,9,16H,8H2,1-3H3. The molecule has 0 saturated heterocycles. The van der Waals surface area contributed by atoms with E-state index in [0.717, 1.165) is 18.7 Å². The van der Waals surface area contributed by atoms with Crippen molar-refractivity contribution in [2.75, 3.05) is 26.0 Å².